The van der Waals surface area contributed by atoms with Crippen LogP contribution in [-0.2, 0) is 6.42 Å². The Bertz CT molecular complexity index is 513. The van der Waals surface area contributed by atoms with Crippen LogP contribution in [-0.4, -0.2) is 9.91 Å². The minimum absolute atomic E-state index is 0. The van der Waals surface area contributed by atoms with Crippen LogP contribution in [0.2, 0.25) is 0 Å². The summed E-state index contributed by atoms with van der Waals surface area (Å²) in [5.74, 6) is 0. The molecule has 0 aliphatic heterocycles. The quantitative estimate of drug-likeness (QED) is 0.697. The minimum atomic E-state index is -0.412. The lowest BCUT2D eigenvalue weighted by Gasteiger charge is -1.97. The monoisotopic (exact) mass is 315 g/mol. The molecule has 0 aliphatic rings. The number of nitro groups is 1. The van der Waals surface area contributed by atoms with E-state index in [1.165, 1.54) is 23.5 Å². The molecule has 17 heavy (non-hydrogen) atoms. The fourth-order valence-corrected chi connectivity index (χ4v) is 1.91. The molecule has 0 spiro atoms. The number of nitrogens with two attached hydrogens (primary N) is 1. The number of hydrogen-bond acceptors (Lipinski definition) is 5. The van der Waals surface area contributed by atoms with Gasteiger partial charge in [-0.2, -0.15) is 0 Å². The van der Waals surface area contributed by atoms with E-state index in [1.807, 2.05) is 5.38 Å². The maximum atomic E-state index is 10.5. The molecular weight excluding hydrogens is 306 g/mol. The van der Waals surface area contributed by atoms with Crippen molar-refractivity contribution in [1.82, 2.24) is 4.98 Å². The van der Waals surface area contributed by atoms with Crippen molar-refractivity contribution in [2.75, 3.05) is 5.73 Å². The van der Waals surface area contributed by atoms with Crippen molar-refractivity contribution in [3.63, 3.8) is 0 Å². The molecule has 0 radical (unpaired) electrons. The van der Waals surface area contributed by atoms with E-state index in [9.17, 15) is 10.1 Å². The molecule has 7 heteroatoms. The second kappa shape index (κ2) is 5.74. The van der Waals surface area contributed by atoms with Crippen LogP contribution < -0.4 is 5.73 Å². The first-order valence-corrected chi connectivity index (χ1v) is 5.46. The SMILES string of the molecule is Br.Nc1nc(Cc2ccc([N+](=O)[O-])cc2)cs1. The van der Waals surface area contributed by atoms with Gasteiger partial charge in [0.2, 0.25) is 0 Å². The highest BCUT2D eigenvalue weighted by atomic mass is 79.9. The third-order valence-corrected chi connectivity index (χ3v) is 2.82. The van der Waals surface area contributed by atoms with Crippen LogP contribution in [0, 0.1) is 10.1 Å². The van der Waals surface area contributed by atoms with Gasteiger partial charge in [0, 0.05) is 23.9 Å². The van der Waals surface area contributed by atoms with Crippen molar-refractivity contribution in [3.05, 3.63) is 51.0 Å². The van der Waals surface area contributed by atoms with E-state index in [0.29, 0.717) is 11.6 Å². The molecule has 2 aromatic rings. The Morgan fingerprint density at radius 2 is 2.00 bits per heavy atom. The predicted molar refractivity (Wildman–Crippen MR) is 72.8 cm³/mol. The summed E-state index contributed by atoms with van der Waals surface area (Å²) in [6.45, 7) is 0. The molecule has 0 atom stereocenters. The second-order valence-electron chi connectivity index (χ2n) is 3.28. The van der Waals surface area contributed by atoms with Gasteiger partial charge in [-0.25, -0.2) is 4.98 Å². The summed E-state index contributed by atoms with van der Waals surface area (Å²) in [6, 6.07) is 6.44. The van der Waals surface area contributed by atoms with Gasteiger partial charge in [-0.15, -0.1) is 28.3 Å². The fraction of sp³-hybridized carbons (Fsp3) is 0.100. The second-order valence-corrected chi connectivity index (χ2v) is 4.17. The first kappa shape index (κ1) is 13.6. The van der Waals surface area contributed by atoms with Crippen molar-refractivity contribution in [2.45, 2.75) is 6.42 Å². The molecule has 1 aromatic heterocycles. The van der Waals surface area contributed by atoms with Crippen LogP contribution >= 0.6 is 28.3 Å². The van der Waals surface area contributed by atoms with Crippen LogP contribution in [0.25, 0.3) is 0 Å². The van der Waals surface area contributed by atoms with E-state index in [4.69, 9.17) is 5.73 Å². The van der Waals surface area contributed by atoms with Gasteiger partial charge in [0.15, 0.2) is 5.13 Å². The Hall–Kier alpha value is -1.47. The number of thiazole rings is 1. The van der Waals surface area contributed by atoms with Crippen LogP contribution in [0.1, 0.15) is 11.3 Å². The zero-order valence-electron chi connectivity index (χ0n) is 8.70. The summed E-state index contributed by atoms with van der Waals surface area (Å²) in [7, 11) is 0. The van der Waals surface area contributed by atoms with Gasteiger partial charge in [0.25, 0.3) is 5.69 Å². The van der Waals surface area contributed by atoms with Crippen molar-refractivity contribution in [3.8, 4) is 0 Å². The molecule has 2 rings (SSSR count). The van der Waals surface area contributed by atoms with E-state index in [1.54, 1.807) is 12.1 Å². The van der Waals surface area contributed by atoms with E-state index in [2.05, 4.69) is 4.98 Å². The van der Waals surface area contributed by atoms with Gasteiger partial charge < -0.3 is 5.73 Å². The van der Waals surface area contributed by atoms with Gasteiger partial charge in [-0.05, 0) is 5.56 Å². The molecule has 1 heterocycles. The summed E-state index contributed by atoms with van der Waals surface area (Å²) < 4.78 is 0. The summed E-state index contributed by atoms with van der Waals surface area (Å²) in [5.41, 5.74) is 7.48. The highest BCUT2D eigenvalue weighted by Gasteiger charge is 2.05. The average molecular weight is 316 g/mol. The number of nitrogens with zero attached hydrogens (tertiary/aromatic N) is 2. The van der Waals surface area contributed by atoms with E-state index >= 15 is 0 Å². The van der Waals surface area contributed by atoms with Crippen LogP contribution in [0.3, 0.4) is 0 Å². The normalized spacial score (nSPS) is 9.65. The minimum Gasteiger partial charge on any atom is -0.375 e. The summed E-state index contributed by atoms with van der Waals surface area (Å²) >= 11 is 1.39. The van der Waals surface area contributed by atoms with Crippen molar-refractivity contribution in [2.24, 2.45) is 0 Å². The average Bonchev–Trinajstić information content (AvgIpc) is 2.65. The third-order valence-electron chi connectivity index (χ3n) is 2.10. The van der Waals surface area contributed by atoms with Gasteiger partial charge >= 0.3 is 0 Å². The molecule has 0 saturated carbocycles. The molecule has 0 unspecified atom stereocenters. The first-order valence-electron chi connectivity index (χ1n) is 4.58. The van der Waals surface area contributed by atoms with Gasteiger partial charge in [-0.3, -0.25) is 10.1 Å². The number of rotatable bonds is 3. The fourth-order valence-electron chi connectivity index (χ4n) is 1.35. The van der Waals surface area contributed by atoms with Crippen LogP contribution in [0.4, 0.5) is 10.8 Å². The molecule has 2 N–H and O–H groups in total. The maximum Gasteiger partial charge on any atom is 0.269 e. The van der Waals surface area contributed by atoms with E-state index < -0.39 is 4.92 Å². The lowest BCUT2D eigenvalue weighted by molar-refractivity contribution is -0.384. The Kier molecular flexibility index (Phi) is 4.59. The first-order chi connectivity index (χ1) is 7.65. The standard InChI is InChI=1S/C10H9N3O2S.BrH/c11-10-12-8(6-16-10)5-7-1-3-9(4-2-7)13(14)15;/h1-4,6H,5H2,(H2,11,12);1H. The highest BCUT2D eigenvalue weighted by Crippen LogP contribution is 2.17. The number of nitro benzene ring substituents is 1. The van der Waals surface area contributed by atoms with Crippen molar-refractivity contribution in [1.29, 1.82) is 0 Å². The summed E-state index contributed by atoms with van der Waals surface area (Å²) in [4.78, 5) is 14.2. The number of hydrogen-bond donors (Lipinski definition) is 1. The summed E-state index contributed by atoms with van der Waals surface area (Å²) in [6.07, 6.45) is 0.645. The zero-order valence-corrected chi connectivity index (χ0v) is 11.2. The Balaban J connectivity index is 0.00000144. The molecule has 5 nitrogen and oxygen atoms in total. The predicted octanol–water partition coefficient (Wildman–Crippen LogP) is 2.80. The number of nitrogen functional groups attached to an aromatic ring is 1. The highest BCUT2D eigenvalue weighted by molar-refractivity contribution is 8.93. The number of benzene rings is 1. The van der Waals surface area contributed by atoms with E-state index in [-0.39, 0.29) is 22.7 Å². The van der Waals surface area contributed by atoms with Crippen molar-refractivity contribution >= 4 is 39.1 Å². The lowest BCUT2D eigenvalue weighted by Crippen LogP contribution is -1.91. The molecule has 90 valence electrons. The molecule has 0 amide bonds. The van der Waals surface area contributed by atoms with Crippen LogP contribution in [0.15, 0.2) is 29.6 Å². The Morgan fingerprint density at radius 3 is 2.47 bits per heavy atom. The lowest BCUT2D eigenvalue weighted by atomic mass is 10.1. The Morgan fingerprint density at radius 1 is 1.35 bits per heavy atom. The molecule has 0 bridgehead atoms. The topological polar surface area (TPSA) is 82.0 Å². The smallest absolute Gasteiger partial charge is 0.269 e. The molecular formula is C10H10BrN3O2S. The van der Waals surface area contributed by atoms with Crippen LogP contribution in [0.5, 0.6) is 0 Å². The largest absolute Gasteiger partial charge is 0.375 e. The Labute approximate surface area is 112 Å². The number of halogens is 1. The molecule has 0 aliphatic carbocycles. The molecule has 0 fully saturated rings. The van der Waals surface area contributed by atoms with E-state index in [0.717, 1.165) is 11.3 Å². The molecule has 0 saturated heterocycles. The zero-order chi connectivity index (χ0) is 11.5. The third kappa shape index (κ3) is 3.50. The van der Waals surface area contributed by atoms with Gasteiger partial charge in [0.05, 0.1) is 10.6 Å². The van der Waals surface area contributed by atoms with Gasteiger partial charge in [-0.1, -0.05) is 12.1 Å². The number of anilines is 1. The molecule has 1 aromatic carbocycles. The van der Waals surface area contributed by atoms with Crippen molar-refractivity contribution < 1.29 is 4.92 Å². The number of non-ortho nitro benzene ring substituents is 1. The maximum absolute atomic E-state index is 10.5. The van der Waals surface area contributed by atoms with Gasteiger partial charge in [0.1, 0.15) is 0 Å². The number of aromatic nitrogens is 1. The summed E-state index contributed by atoms with van der Waals surface area (Å²) in [5, 5.41) is 12.9.